The van der Waals surface area contributed by atoms with Gasteiger partial charge in [-0.15, -0.1) is 0 Å². The topological polar surface area (TPSA) is 33.1 Å². The van der Waals surface area contributed by atoms with Gasteiger partial charge in [0.1, 0.15) is 0 Å². The lowest BCUT2D eigenvalue weighted by Gasteiger charge is -2.07. The molecule has 0 saturated carbocycles. The van der Waals surface area contributed by atoms with Gasteiger partial charge in [-0.2, -0.15) is 0 Å². The second kappa shape index (κ2) is 4.08. The van der Waals surface area contributed by atoms with Crippen LogP contribution in [0.2, 0.25) is 10.0 Å². The largest absolute Gasteiger partial charge is 0.393 e. The molecule has 0 fully saturated rings. The van der Waals surface area contributed by atoms with Gasteiger partial charge in [-0.3, -0.25) is 4.98 Å². The average molecular weight is 206 g/mol. The van der Waals surface area contributed by atoms with Crippen molar-refractivity contribution in [2.24, 2.45) is 0 Å². The van der Waals surface area contributed by atoms with E-state index in [1.54, 1.807) is 6.92 Å². The Bertz CT molecular complexity index is 256. The molecule has 66 valence electrons. The molecule has 0 saturated heterocycles. The Kier molecular flexibility index (Phi) is 3.32. The zero-order chi connectivity index (χ0) is 9.14. The van der Waals surface area contributed by atoms with E-state index in [1.165, 1.54) is 12.4 Å². The highest BCUT2D eigenvalue weighted by Gasteiger charge is 2.08. The number of aliphatic hydroxyl groups is 1. The van der Waals surface area contributed by atoms with Gasteiger partial charge in [0, 0.05) is 18.8 Å². The van der Waals surface area contributed by atoms with Crippen LogP contribution in [0.1, 0.15) is 12.5 Å². The molecule has 1 N–H and O–H groups in total. The minimum Gasteiger partial charge on any atom is -0.393 e. The van der Waals surface area contributed by atoms with Crippen molar-refractivity contribution in [2.75, 3.05) is 0 Å². The fraction of sp³-hybridized carbons (Fsp3) is 0.375. The molecule has 12 heavy (non-hydrogen) atoms. The van der Waals surface area contributed by atoms with Crippen LogP contribution in [0.5, 0.6) is 0 Å². The van der Waals surface area contributed by atoms with Crippen LogP contribution < -0.4 is 0 Å². The third kappa shape index (κ3) is 2.34. The fourth-order valence-corrected chi connectivity index (χ4v) is 1.45. The van der Waals surface area contributed by atoms with Gasteiger partial charge in [0.2, 0.25) is 0 Å². The van der Waals surface area contributed by atoms with Crippen LogP contribution in [-0.2, 0) is 6.42 Å². The third-order valence-electron chi connectivity index (χ3n) is 1.45. The molecule has 1 aromatic rings. The van der Waals surface area contributed by atoms with E-state index < -0.39 is 6.10 Å². The number of aromatic nitrogens is 1. The molecule has 0 spiro atoms. The first-order chi connectivity index (χ1) is 5.61. The first kappa shape index (κ1) is 9.78. The van der Waals surface area contributed by atoms with Gasteiger partial charge >= 0.3 is 0 Å². The molecule has 0 bridgehead atoms. The monoisotopic (exact) mass is 205 g/mol. The molecule has 1 aromatic heterocycles. The van der Waals surface area contributed by atoms with Crippen molar-refractivity contribution in [1.29, 1.82) is 0 Å². The summed E-state index contributed by atoms with van der Waals surface area (Å²) in [5.41, 5.74) is 0.753. The van der Waals surface area contributed by atoms with Crippen LogP contribution in [0.15, 0.2) is 12.4 Å². The third-order valence-corrected chi connectivity index (χ3v) is 2.10. The quantitative estimate of drug-likeness (QED) is 0.805. The number of pyridine rings is 1. The van der Waals surface area contributed by atoms with Crippen LogP contribution in [-0.4, -0.2) is 16.2 Å². The van der Waals surface area contributed by atoms with Gasteiger partial charge in [-0.1, -0.05) is 23.2 Å². The van der Waals surface area contributed by atoms with Crippen molar-refractivity contribution in [1.82, 2.24) is 4.98 Å². The lowest BCUT2D eigenvalue weighted by molar-refractivity contribution is 0.195. The van der Waals surface area contributed by atoms with Crippen molar-refractivity contribution in [3.63, 3.8) is 0 Å². The van der Waals surface area contributed by atoms with Crippen molar-refractivity contribution in [2.45, 2.75) is 19.4 Å². The molecule has 2 nitrogen and oxygen atoms in total. The summed E-state index contributed by atoms with van der Waals surface area (Å²) in [5.74, 6) is 0. The fourth-order valence-electron chi connectivity index (χ4n) is 0.928. The summed E-state index contributed by atoms with van der Waals surface area (Å²) in [6.07, 6.45) is 3.05. The summed E-state index contributed by atoms with van der Waals surface area (Å²) in [5, 5.41) is 10.1. The summed E-state index contributed by atoms with van der Waals surface area (Å²) in [6.45, 7) is 1.69. The predicted octanol–water partition coefficient (Wildman–Crippen LogP) is 2.31. The zero-order valence-electron chi connectivity index (χ0n) is 6.59. The van der Waals surface area contributed by atoms with Crippen LogP contribution in [0.25, 0.3) is 0 Å². The predicted molar refractivity (Wildman–Crippen MR) is 49.6 cm³/mol. The van der Waals surface area contributed by atoms with E-state index in [4.69, 9.17) is 28.3 Å². The Morgan fingerprint density at radius 3 is 2.33 bits per heavy atom. The maximum absolute atomic E-state index is 9.12. The first-order valence-corrected chi connectivity index (χ1v) is 4.32. The number of hydrogen-bond donors (Lipinski definition) is 1. The molecule has 0 unspecified atom stereocenters. The second-order valence-corrected chi connectivity index (χ2v) is 3.45. The van der Waals surface area contributed by atoms with E-state index in [0.717, 1.165) is 5.56 Å². The average Bonchev–Trinajstić information content (AvgIpc) is 1.97. The van der Waals surface area contributed by atoms with Gasteiger partial charge in [-0.05, 0) is 12.5 Å². The molecule has 1 heterocycles. The Morgan fingerprint density at radius 2 is 1.92 bits per heavy atom. The second-order valence-electron chi connectivity index (χ2n) is 2.63. The Labute approximate surface area is 81.1 Å². The molecular formula is C8H9Cl2NO. The van der Waals surface area contributed by atoms with Crippen molar-refractivity contribution >= 4 is 23.2 Å². The van der Waals surface area contributed by atoms with Crippen molar-refractivity contribution in [3.8, 4) is 0 Å². The molecule has 0 amide bonds. The van der Waals surface area contributed by atoms with Crippen molar-refractivity contribution < 1.29 is 5.11 Å². The Balaban J connectivity index is 2.96. The van der Waals surface area contributed by atoms with E-state index in [-0.39, 0.29) is 0 Å². The number of halogens is 2. The number of nitrogens with zero attached hydrogens (tertiary/aromatic N) is 1. The molecule has 0 aliphatic rings. The van der Waals surface area contributed by atoms with Crippen LogP contribution in [0.3, 0.4) is 0 Å². The molecule has 4 heteroatoms. The normalized spacial score (nSPS) is 13.0. The maximum atomic E-state index is 9.12. The van der Waals surface area contributed by atoms with Gasteiger partial charge in [0.15, 0.2) is 0 Å². The summed E-state index contributed by atoms with van der Waals surface area (Å²) in [4.78, 5) is 3.81. The molecule has 1 atom stereocenters. The van der Waals surface area contributed by atoms with Gasteiger partial charge in [0.25, 0.3) is 0 Å². The van der Waals surface area contributed by atoms with Crippen LogP contribution in [0.4, 0.5) is 0 Å². The van der Waals surface area contributed by atoms with E-state index in [0.29, 0.717) is 16.5 Å². The molecule has 0 aromatic carbocycles. The number of aliphatic hydroxyl groups excluding tert-OH is 1. The highest BCUT2D eigenvalue weighted by Crippen LogP contribution is 2.23. The zero-order valence-corrected chi connectivity index (χ0v) is 8.10. The summed E-state index contributed by atoms with van der Waals surface area (Å²) >= 11 is 11.6. The minimum atomic E-state index is -0.442. The van der Waals surface area contributed by atoms with Gasteiger partial charge < -0.3 is 5.11 Å². The summed E-state index contributed by atoms with van der Waals surface area (Å²) in [6, 6.07) is 0. The Morgan fingerprint density at radius 1 is 1.42 bits per heavy atom. The molecule has 0 radical (unpaired) electrons. The summed E-state index contributed by atoms with van der Waals surface area (Å²) in [7, 11) is 0. The Hall–Kier alpha value is -0.310. The highest BCUT2D eigenvalue weighted by molar-refractivity contribution is 6.35. The SMILES string of the molecule is C[C@H](O)Cc1c(Cl)cncc1Cl. The number of hydrogen-bond acceptors (Lipinski definition) is 2. The van der Waals surface area contributed by atoms with Crippen LogP contribution >= 0.6 is 23.2 Å². The van der Waals surface area contributed by atoms with E-state index >= 15 is 0 Å². The van der Waals surface area contributed by atoms with E-state index in [1.807, 2.05) is 0 Å². The molecular weight excluding hydrogens is 197 g/mol. The number of rotatable bonds is 2. The van der Waals surface area contributed by atoms with Crippen molar-refractivity contribution in [3.05, 3.63) is 28.0 Å². The summed E-state index contributed by atoms with van der Waals surface area (Å²) < 4.78 is 0. The van der Waals surface area contributed by atoms with E-state index in [2.05, 4.69) is 4.98 Å². The van der Waals surface area contributed by atoms with E-state index in [9.17, 15) is 0 Å². The molecule has 0 aliphatic carbocycles. The molecule has 0 aliphatic heterocycles. The highest BCUT2D eigenvalue weighted by atomic mass is 35.5. The lowest BCUT2D eigenvalue weighted by atomic mass is 10.1. The standard InChI is InChI=1S/C8H9Cl2NO/c1-5(12)2-6-7(9)3-11-4-8(6)10/h3-5,12H,2H2,1H3/t5-/m0/s1. The van der Waals surface area contributed by atoms with Crippen LogP contribution in [0, 0.1) is 0 Å². The first-order valence-electron chi connectivity index (χ1n) is 3.57. The minimum absolute atomic E-state index is 0.442. The lowest BCUT2D eigenvalue weighted by Crippen LogP contribution is -2.05. The van der Waals surface area contributed by atoms with Gasteiger partial charge in [0.05, 0.1) is 16.1 Å². The molecule has 1 rings (SSSR count). The van der Waals surface area contributed by atoms with Gasteiger partial charge in [-0.25, -0.2) is 0 Å². The maximum Gasteiger partial charge on any atom is 0.0637 e. The smallest absolute Gasteiger partial charge is 0.0637 e.